The molecule has 0 aromatic carbocycles. The van der Waals surface area contributed by atoms with Crippen LogP contribution in [0, 0.1) is 10.1 Å². The van der Waals surface area contributed by atoms with Crippen molar-refractivity contribution >= 4 is 11.7 Å². The third-order valence-corrected chi connectivity index (χ3v) is 1.67. The summed E-state index contributed by atoms with van der Waals surface area (Å²) in [6.07, 6.45) is 1.31. The molecule has 1 aromatic rings. The SMILES string of the molecule is NNC(=O)CCOc1cccnc1[N+](=O)[O-]. The average molecular weight is 226 g/mol. The molecule has 0 aliphatic carbocycles. The highest BCUT2D eigenvalue weighted by atomic mass is 16.6. The Bertz CT molecular complexity index is 395. The molecule has 0 radical (unpaired) electrons. The smallest absolute Gasteiger partial charge is 0.406 e. The summed E-state index contributed by atoms with van der Waals surface area (Å²) in [6.45, 7) is -0.00440. The van der Waals surface area contributed by atoms with Gasteiger partial charge in [0, 0.05) is 0 Å². The van der Waals surface area contributed by atoms with Gasteiger partial charge in [-0.1, -0.05) is 0 Å². The summed E-state index contributed by atoms with van der Waals surface area (Å²) >= 11 is 0. The molecule has 0 spiro atoms. The van der Waals surface area contributed by atoms with Crippen LogP contribution < -0.4 is 16.0 Å². The highest BCUT2D eigenvalue weighted by molar-refractivity contribution is 5.75. The van der Waals surface area contributed by atoms with Crippen molar-refractivity contribution in [2.75, 3.05) is 6.61 Å². The van der Waals surface area contributed by atoms with Crippen molar-refractivity contribution in [2.45, 2.75) is 6.42 Å². The third-order valence-electron chi connectivity index (χ3n) is 1.67. The fourth-order valence-corrected chi connectivity index (χ4v) is 0.958. The second-order valence-electron chi connectivity index (χ2n) is 2.75. The topological polar surface area (TPSA) is 120 Å². The number of pyridine rings is 1. The number of nitro groups is 1. The van der Waals surface area contributed by atoms with Gasteiger partial charge >= 0.3 is 5.82 Å². The Morgan fingerprint density at radius 1 is 1.69 bits per heavy atom. The lowest BCUT2D eigenvalue weighted by atomic mass is 10.4. The first-order valence-corrected chi connectivity index (χ1v) is 4.37. The number of rotatable bonds is 5. The summed E-state index contributed by atoms with van der Waals surface area (Å²) in [5.74, 6) is 4.09. The van der Waals surface area contributed by atoms with Crippen molar-refractivity contribution in [1.29, 1.82) is 0 Å². The molecular weight excluding hydrogens is 216 g/mol. The van der Waals surface area contributed by atoms with E-state index >= 15 is 0 Å². The fourth-order valence-electron chi connectivity index (χ4n) is 0.958. The third kappa shape index (κ3) is 3.17. The van der Waals surface area contributed by atoms with Crippen molar-refractivity contribution in [2.24, 2.45) is 5.84 Å². The first-order valence-electron chi connectivity index (χ1n) is 4.37. The molecule has 8 heteroatoms. The van der Waals surface area contributed by atoms with E-state index in [1.165, 1.54) is 18.3 Å². The monoisotopic (exact) mass is 226 g/mol. The zero-order chi connectivity index (χ0) is 12.0. The van der Waals surface area contributed by atoms with E-state index in [0.29, 0.717) is 0 Å². The first-order chi connectivity index (χ1) is 7.65. The normalized spacial score (nSPS) is 9.56. The number of hydrogen-bond acceptors (Lipinski definition) is 6. The largest absolute Gasteiger partial charge is 0.485 e. The number of hydrogen-bond donors (Lipinski definition) is 2. The average Bonchev–Trinajstić information content (AvgIpc) is 2.29. The minimum absolute atomic E-state index is 0.00440. The van der Waals surface area contributed by atoms with Gasteiger partial charge in [-0.25, -0.2) is 5.84 Å². The molecule has 0 saturated carbocycles. The number of nitrogens with two attached hydrogens (primary N) is 1. The molecule has 3 N–H and O–H groups in total. The fraction of sp³-hybridized carbons (Fsp3) is 0.250. The lowest BCUT2D eigenvalue weighted by Gasteiger charge is -2.04. The molecule has 86 valence electrons. The van der Waals surface area contributed by atoms with Gasteiger partial charge in [-0.3, -0.25) is 10.2 Å². The molecule has 1 aromatic heterocycles. The van der Waals surface area contributed by atoms with Crippen LogP contribution >= 0.6 is 0 Å². The number of nitrogens with one attached hydrogen (secondary N) is 1. The molecule has 16 heavy (non-hydrogen) atoms. The van der Waals surface area contributed by atoms with Gasteiger partial charge in [-0.15, -0.1) is 0 Å². The Kier molecular flexibility index (Phi) is 4.16. The lowest BCUT2D eigenvalue weighted by Crippen LogP contribution is -2.31. The minimum atomic E-state index is -0.654. The van der Waals surface area contributed by atoms with E-state index in [2.05, 4.69) is 4.98 Å². The Morgan fingerprint density at radius 2 is 2.44 bits per heavy atom. The molecule has 0 fully saturated rings. The van der Waals surface area contributed by atoms with E-state index in [4.69, 9.17) is 10.6 Å². The summed E-state index contributed by atoms with van der Waals surface area (Å²) in [5.41, 5.74) is 1.92. The van der Waals surface area contributed by atoms with Crippen LogP contribution in [-0.4, -0.2) is 22.4 Å². The van der Waals surface area contributed by atoms with Crippen LogP contribution in [0.15, 0.2) is 18.3 Å². The van der Waals surface area contributed by atoms with Gasteiger partial charge in [0.2, 0.25) is 11.7 Å². The maximum absolute atomic E-state index is 10.8. The number of hydrazine groups is 1. The van der Waals surface area contributed by atoms with Crippen LogP contribution in [0.1, 0.15) is 6.42 Å². The second kappa shape index (κ2) is 5.61. The minimum Gasteiger partial charge on any atom is -0.485 e. The zero-order valence-corrected chi connectivity index (χ0v) is 8.25. The van der Waals surface area contributed by atoms with Gasteiger partial charge < -0.3 is 14.9 Å². The molecule has 1 rings (SSSR count). The maximum atomic E-state index is 10.8. The maximum Gasteiger partial charge on any atom is 0.406 e. The van der Waals surface area contributed by atoms with Gasteiger partial charge in [-0.2, -0.15) is 0 Å². The number of carbonyl (C=O) groups excluding carboxylic acids is 1. The molecule has 1 heterocycles. The van der Waals surface area contributed by atoms with Crippen LogP contribution in [0.2, 0.25) is 0 Å². The molecule has 0 bridgehead atoms. The predicted molar refractivity (Wildman–Crippen MR) is 53.3 cm³/mol. The van der Waals surface area contributed by atoms with Gasteiger partial charge in [0.1, 0.15) is 6.20 Å². The van der Waals surface area contributed by atoms with Crippen molar-refractivity contribution in [3.05, 3.63) is 28.4 Å². The van der Waals surface area contributed by atoms with Gasteiger partial charge in [-0.05, 0) is 22.0 Å². The van der Waals surface area contributed by atoms with E-state index in [9.17, 15) is 14.9 Å². The zero-order valence-electron chi connectivity index (χ0n) is 8.25. The summed E-state index contributed by atoms with van der Waals surface area (Å²) in [4.78, 5) is 24.2. The first kappa shape index (κ1) is 11.9. The Labute approximate surface area is 90.5 Å². The summed E-state index contributed by atoms with van der Waals surface area (Å²) in [7, 11) is 0. The number of aromatic nitrogens is 1. The molecular formula is C8H10N4O4. The summed E-state index contributed by atoms with van der Waals surface area (Å²) < 4.78 is 5.05. The van der Waals surface area contributed by atoms with Crippen molar-refractivity contribution < 1.29 is 14.5 Å². The predicted octanol–water partition coefficient (Wildman–Crippen LogP) is -0.251. The van der Waals surface area contributed by atoms with E-state index in [1.807, 2.05) is 5.43 Å². The van der Waals surface area contributed by atoms with E-state index in [0.717, 1.165) is 0 Å². The molecule has 0 atom stereocenters. The van der Waals surface area contributed by atoms with E-state index < -0.39 is 10.8 Å². The number of ether oxygens (including phenoxy) is 1. The Hall–Kier alpha value is -2.22. The molecule has 0 aliphatic rings. The van der Waals surface area contributed by atoms with Gasteiger partial charge in [0.05, 0.1) is 13.0 Å². The highest BCUT2D eigenvalue weighted by Gasteiger charge is 2.15. The molecule has 0 saturated heterocycles. The number of carbonyl (C=O) groups is 1. The molecule has 0 unspecified atom stereocenters. The number of amides is 1. The molecule has 0 aliphatic heterocycles. The standard InChI is InChI=1S/C8H10N4O4/c9-11-7(13)3-5-16-6-2-1-4-10-8(6)12(14)15/h1-2,4H,3,5,9H2,(H,11,13). The van der Waals surface area contributed by atoms with Crippen LogP contribution in [0.5, 0.6) is 5.75 Å². The van der Waals surface area contributed by atoms with Gasteiger partial charge in [0.25, 0.3) is 0 Å². The van der Waals surface area contributed by atoms with Crippen molar-refractivity contribution in [3.63, 3.8) is 0 Å². The Morgan fingerprint density at radius 3 is 3.06 bits per heavy atom. The quantitative estimate of drug-likeness (QED) is 0.309. The van der Waals surface area contributed by atoms with Crippen LogP contribution in [0.4, 0.5) is 5.82 Å². The summed E-state index contributed by atoms with van der Waals surface area (Å²) in [6, 6.07) is 2.91. The van der Waals surface area contributed by atoms with Crippen molar-refractivity contribution in [1.82, 2.24) is 10.4 Å². The lowest BCUT2D eigenvalue weighted by molar-refractivity contribution is -0.390. The van der Waals surface area contributed by atoms with Crippen LogP contribution in [-0.2, 0) is 4.79 Å². The summed E-state index contributed by atoms with van der Waals surface area (Å²) in [5, 5.41) is 10.5. The van der Waals surface area contributed by atoms with E-state index in [-0.39, 0.29) is 24.6 Å². The molecule has 1 amide bonds. The second-order valence-corrected chi connectivity index (χ2v) is 2.75. The van der Waals surface area contributed by atoms with E-state index in [1.54, 1.807) is 0 Å². The molecule has 8 nitrogen and oxygen atoms in total. The highest BCUT2D eigenvalue weighted by Crippen LogP contribution is 2.22. The number of nitrogens with zero attached hydrogens (tertiary/aromatic N) is 2. The van der Waals surface area contributed by atoms with Gasteiger partial charge in [0.15, 0.2) is 0 Å². The van der Waals surface area contributed by atoms with Crippen LogP contribution in [0.25, 0.3) is 0 Å². The van der Waals surface area contributed by atoms with Crippen molar-refractivity contribution in [3.8, 4) is 5.75 Å². The Balaban J connectivity index is 2.60. The van der Waals surface area contributed by atoms with Crippen LogP contribution in [0.3, 0.4) is 0 Å².